The summed E-state index contributed by atoms with van der Waals surface area (Å²) in [4.78, 5) is 27.5. The second kappa shape index (κ2) is 10.8. The van der Waals surface area contributed by atoms with Gasteiger partial charge >= 0.3 is 0 Å². The van der Waals surface area contributed by atoms with Crippen molar-refractivity contribution in [3.8, 4) is 0 Å². The van der Waals surface area contributed by atoms with E-state index in [0.717, 1.165) is 16.7 Å². The number of hydrogen-bond donors (Lipinski definition) is 0. The van der Waals surface area contributed by atoms with E-state index in [4.69, 9.17) is 0 Å². The average molecular weight is 362 g/mol. The molecule has 0 saturated heterocycles. The standard InChI is InChI=1S/C13H15NO.C10H11NO/c1-4-6-11-7-5-8-12(9-11)13(2,3)14-10-15;1-8-4-3-5-10(9(8)2)6-11-7-12/h4-9H,1-3H3;3-5H,6H2,1-2H3/b6-4-;. The molecule has 0 radical (unpaired) electrons. The summed E-state index contributed by atoms with van der Waals surface area (Å²) in [6.07, 6.45) is 7.15. The van der Waals surface area contributed by atoms with Gasteiger partial charge in [-0.15, -0.1) is 0 Å². The molecule has 0 aliphatic rings. The van der Waals surface area contributed by atoms with Gasteiger partial charge in [0.2, 0.25) is 12.2 Å². The van der Waals surface area contributed by atoms with Crippen molar-refractivity contribution in [1.29, 1.82) is 0 Å². The van der Waals surface area contributed by atoms with E-state index in [1.54, 1.807) is 6.08 Å². The molecule has 0 saturated carbocycles. The first kappa shape index (κ1) is 22.0. The number of carbonyl (C=O) groups excluding carboxylic acids is 2. The summed E-state index contributed by atoms with van der Waals surface area (Å²) >= 11 is 0. The molecule has 27 heavy (non-hydrogen) atoms. The van der Waals surface area contributed by atoms with E-state index in [9.17, 15) is 9.59 Å². The fraction of sp³-hybridized carbons (Fsp3) is 0.304. The molecule has 140 valence electrons. The maximum Gasteiger partial charge on any atom is 0.235 e. The predicted octanol–water partition coefficient (Wildman–Crippen LogP) is 5.43. The minimum atomic E-state index is -0.501. The Morgan fingerprint density at radius 1 is 1.04 bits per heavy atom. The van der Waals surface area contributed by atoms with E-state index >= 15 is 0 Å². The molecule has 0 unspecified atom stereocenters. The minimum absolute atomic E-state index is 0.441. The molecule has 0 fully saturated rings. The lowest BCUT2D eigenvalue weighted by Gasteiger charge is -2.18. The van der Waals surface area contributed by atoms with Crippen molar-refractivity contribution >= 4 is 18.2 Å². The largest absolute Gasteiger partial charge is 0.235 e. The van der Waals surface area contributed by atoms with E-state index in [2.05, 4.69) is 9.98 Å². The third-order valence-corrected chi connectivity index (χ3v) is 4.31. The molecule has 4 heteroatoms. The van der Waals surface area contributed by atoms with Crippen LogP contribution in [0.1, 0.15) is 48.6 Å². The Morgan fingerprint density at radius 3 is 2.37 bits per heavy atom. The molecule has 0 bridgehead atoms. The van der Waals surface area contributed by atoms with Gasteiger partial charge in [0.05, 0.1) is 12.1 Å². The lowest BCUT2D eigenvalue weighted by Crippen LogP contribution is -2.13. The summed E-state index contributed by atoms with van der Waals surface area (Å²) in [5, 5.41) is 0. The Hall–Kier alpha value is -3.06. The molecule has 0 aromatic heterocycles. The molecule has 0 heterocycles. The molecular formula is C23H26N2O2. The zero-order valence-electron chi connectivity index (χ0n) is 16.6. The van der Waals surface area contributed by atoms with Crippen LogP contribution in [0.15, 0.2) is 58.5 Å². The van der Waals surface area contributed by atoms with Gasteiger partial charge in [-0.3, -0.25) is 0 Å². The van der Waals surface area contributed by atoms with Crippen LogP contribution in [-0.4, -0.2) is 12.2 Å². The van der Waals surface area contributed by atoms with E-state index in [1.807, 2.05) is 89.2 Å². The first-order chi connectivity index (χ1) is 12.9. The topological polar surface area (TPSA) is 58.9 Å². The van der Waals surface area contributed by atoms with Crippen LogP contribution >= 0.6 is 0 Å². The van der Waals surface area contributed by atoms with E-state index in [-0.39, 0.29) is 0 Å². The maximum absolute atomic E-state index is 10.3. The number of nitrogens with zero attached hydrogens (tertiary/aromatic N) is 2. The van der Waals surface area contributed by atoms with Crippen molar-refractivity contribution < 1.29 is 9.59 Å². The van der Waals surface area contributed by atoms with Crippen LogP contribution in [0.4, 0.5) is 0 Å². The number of rotatable bonds is 5. The number of benzene rings is 2. The maximum atomic E-state index is 10.3. The molecule has 2 rings (SSSR count). The fourth-order valence-electron chi connectivity index (χ4n) is 2.49. The molecule has 0 N–H and O–H groups in total. The third kappa shape index (κ3) is 6.99. The highest BCUT2D eigenvalue weighted by Crippen LogP contribution is 2.25. The van der Waals surface area contributed by atoms with Crippen LogP contribution < -0.4 is 0 Å². The van der Waals surface area contributed by atoms with Crippen molar-refractivity contribution in [3.05, 3.63) is 76.4 Å². The van der Waals surface area contributed by atoms with Crippen molar-refractivity contribution in [2.24, 2.45) is 9.98 Å². The average Bonchev–Trinajstić information content (AvgIpc) is 2.64. The Labute approximate surface area is 161 Å². The number of isocyanates is 2. The van der Waals surface area contributed by atoms with E-state index < -0.39 is 5.54 Å². The summed E-state index contributed by atoms with van der Waals surface area (Å²) in [6.45, 7) is 10.3. The van der Waals surface area contributed by atoms with Crippen molar-refractivity contribution in [3.63, 3.8) is 0 Å². The second-order valence-electron chi connectivity index (χ2n) is 6.65. The van der Waals surface area contributed by atoms with Crippen molar-refractivity contribution in [2.45, 2.75) is 46.7 Å². The monoisotopic (exact) mass is 362 g/mol. The molecule has 0 atom stereocenters. The Kier molecular flexibility index (Phi) is 8.81. The molecule has 2 aromatic rings. The summed E-state index contributed by atoms with van der Waals surface area (Å²) < 4.78 is 0. The van der Waals surface area contributed by atoms with Crippen LogP contribution in [0, 0.1) is 13.8 Å². The summed E-state index contributed by atoms with van der Waals surface area (Å²) in [5.74, 6) is 0. The number of allylic oxidation sites excluding steroid dienone is 1. The lowest BCUT2D eigenvalue weighted by molar-refractivity contribution is 0.523. The number of aliphatic imine (C=N–C) groups is 2. The third-order valence-electron chi connectivity index (χ3n) is 4.31. The highest BCUT2D eigenvalue weighted by atomic mass is 16.1. The molecule has 0 aliphatic carbocycles. The Morgan fingerprint density at radius 2 is 1.74 bits per heavy atom. The highest BCUT2D eigenvalue weighted by molar-refractivity contribution is 5.51. The van der Waals surface area contributed by atoms with Gasteiger partial charge in [-0.25, -0.2) is 14.6 Å². The van der Waals surface area contributed by atoms with E-state index in [0.29, 0.717) is 6.54 Å². The van der Waals surface area contributed by atoms with Crippen molar-refractivity contribution in [2.75, 3.05) is 0 Å². The first-order valence-corrected chi connectivity index (χ1v) is 8.76. The van der Waals surface area contributed by atoms with Gasteiger partial charge < -0.3 is 0 Å². The zero-order valence-corrected chi connectivity index (χ0v) is 16.6. The highest BCUT2D eigenvalue weighted by Gasteiger charge is 2.18. The Bertz CT molecular complexity index is 885. The molecule has 2 aromatic carbocycles. The van der Waals surface area contributed by atoms with Gasteiger partial charge in [0.1, 0.15) is 0 Å². The molecule has 4 nitrogen and oxygen atoms in total. The molecular weight excluding hydrogens is 336 g/mol. The SMILES string of the molecule is C/C=C\c1cccc(C(C)(C)N=C=O)c1.Cc1cccc(CN=C=O)c1C. The normalized spacial score (nSPS) is 10.4. The molecule has 0 aliphatic heterocycles. The van der Waals surface area contributed by atoms with Gasteiger partial charge in [0.25, 0.3) is 0 Å². The summed E-state index contributed by atoms with van der Waals surface area (Å²) in [7, 11) is 0. The van der Waals surface area contributed by atoms with Crippen LogP contribution in [0.3, 0.4) is 0 Å². The van der Waals surface area contributed by atoms with Gasteiger partial charge in [0.15, 0.2) is 0 Å². The molecule has 0 amide bonds. The van der Waals surface area contributed by atoms with Gasteiger partial charge in [-0.05, 0) is 68.5 Å². The smallest absolute Gasteiger partial charge is 0.211 e. The lowest BCUT2D eigenvalue weighted by atomic mass is 9.93. The minimum Gasteiger partial charge on any atom is -0.211 e. The van der Waals surface area contributed by atoms with Crippen LogP contribution in [0.5, 0.6) is 0 Å². The van der Waals surface area contributed by atoms with Gasteiger partial charge in [-0.2, -0.15) is 4.99 Å². The van der Waals surface area contributed by atoms with Crippen LogP contribution in [0.2, 0.25) is 0 Å². The predicted molar refractivity (Wildman–Crippen MR) is 110 cm³/mol. The summed E-state index contributed by atoms with van der Waals surface area (Å²) in [6, 6.07) is 14.0. The number of aryl methyl sites for hydroxylation is 1. The Balaban J connectivity index is 0.000000277. The fourth-order valence-corrected chi connectivity index (χ4v) is 2.49. The summed E-state index contributed by atoms with van der Waals surface area (Å²) in [5.41, 5.74) is 5.16. The zero-order chi connectivity index (χ0) is 20.3. The number of hydrogen-bond acceptors (Lipinski definition) is 4. The molecule has 0 spiro atoms. The van der Waals surface area contributed by atoms with Crippen LogP contribution in [-0.2, 0) is 21.7 Å². The second-order valence-corrected chi connectivity index (χ2v) is 6.65. The first-order valence-electron chi connectivity index (χ1n) is 8.76. The van der Waals surface area contributed by atoms with Crippen LogP contribution in [0.25, 0.3) is 6.08 Å². The quantitative estimate of drug-likeness (QED) is 0.526. The van der Waals surface area contributed by atoms with E-state index in [1.165, 1.54) is 17.2 Å². The van der Waals surface area contributed by atoms with Gasteiger partial charge in [-0.1, -0.05) is 48.6 Å². The van der Waals surface area contributed by atoms with Gasteiger partial charge in [0, 0.05) is 0 Å². The van der Waals surface area contributed by atoms with Crippen molar-refractivity contribution in [1.82, 2.24) is 0 Å².